The summed E-state index contributed by atoms with van der Waals surface area (Å²) in [6.07, 6.45) is 6.24. The quantitative estimate of drug-likeness (QED) is 0.603. The number of hydrogen-bond donors (Lipinski definition) is 0. The van der Waals surface area contributed by atoms with E-state index in [0.717, 1.165) is 22.9 Å². The first-order valence-electron chi connectivity index (χ1n) is 5.98. The maximum absolute atomic E-state index is 6.21. The summed E-state index contributed by atoms with van der Waals surface area (Å²) in [5.74, 6) is 0. The molecule has 0 spiro atoms. The van der Waals surface area contributed by atoms with Crippen LogP contribution in [-0.4, -0.2) is 0 Å². The van der Waals surface area contributed by atoms with E-state index in [1.54, 1.807) is 0 Å². The zero-order valence-corrected chi connectivity index (χ0v) is 12.3. The summed E-state index contributed by atoms with van der Waals surface area (Å²) in [5.41, 5.74) is 5.15. The highest BCUT2D eigenvalue weighted by Gasteiger charge is 2.34. The highest BCUT2D eigenvalue weighted by molar-refractivity contribution is 6.31. The summed E-state index contributed by atoms with van der Waals surface area (Å²) >= 11 is 12.4. The Morgan fingerprint density at radius 3 is 1.47 bits per heavy atom. The highest BCUT2D eigenvalue weighted by atomic mass is 35.5. The van der Waals surface area contributed by atoms with Crippen LogP contribution >= 0.6 is 23.2 Å². The molecule has 0 unspecified atom stereocenters. The van der Waals surface area contributed by atoms with Crippen molar-refractivity contribution in [3.63, 3.8) is 0 Å². The van der Waals surface area contributed by atoms with Gasteiger partial charge in [0.25, 0.3) is 0 Å². The first-order valence-corrected chi connectivity index (χ1v) is 6.73. The summed E-state index contributed by atoms with van der Waals surface area (Å²) in [5, 5.41) is 1.94. The summed E-state index contributed by atoms with van der Waals surface area (Å²) in [6, 6.07) is 0. The first kappa shape index (κ1) is 13.0. The summed E-state index contributed by atoms with van der Waals surface area (Å²) in [4.78, 5) is 0. The first-order chi connectivity index (χ1) is 7.85. The lowest BCUT2D eigenvalue weighted by Gasteiger charge is -2.30. The Bertz CT molecular complexity index is 441. The van der Waals surface area contributed by atoms with E-state index in [9.17, 15) is 0 Å². The zero-order valence-electron chi connectivity index (χ0n) is 10.8. The molecule has 0 aromatic heterocycles. The Balaban J connectivity index is 2.40. The molecule has 17 heavy (non-hydrogen) atoms. The van der Waals surface area contributed by atoms with Crippen molar-refractivity contribution < 1.29 is 0 Å². The van der Waals surface area contributed by atoms with Crippen LogP contribution in [0.15, 0.2) is 44.5 Å². The molecule has 0 heterocycles. The van der Waals surface area contributed by atoms with Gasteiger partial charge in [0.15, 0.2) is 0 Å². The average Bonchev–Trinajstić information content (AvgIpc) is 2.75. The lowest BCUT2D eigenvalue weighted by atomic mass is 9.73. The molecule has 2 rings (SSSR count). The fourth-order valence-electron chi connectivity index (χ4n) is 2.88. The maximum atomic E-state index is 6.21. The summed E-state index contributed by atoms with van der Waals surface area (Å²) < 4.78 is 0. The van der Waals surface area contributed by atoms with Gasteiger partial charge in [-0.15, -0.1) is 0 Å². The summed E-state index contributed by atoms with van der Waals surface area (Å²) in [6.45, 7) is 8.73. The average molecular weight is 269 g/mol. The van der Waals surface area contributed by atoms with E-state index in [1.165, 1.54) is 22.3 Å². The van der Waals surface area contributed by atoms with E-state index in [1.807, 2.05) is 0 Å². The highest BCUT2D eigenvalue weighted by Crippen LogP contribution is 2.49. The van der Waals surface area contributed by atoms with Gasteiger partial charge >= 0.3 is 0 Å². The third-order valence-electron chi connectivity index (χ3n) is 3.94. The van der Waals surface area contributed by atoms with Crippen molar-refractivity contribution >= 4 is 23.2 Å². The molecule has 2 aliphatic rings. The van der Waals surface area contributed by atoms with Crippen molar-refractivity contribution in [1.29, 1.82) is 0 Å². The Labute approximate surface area is 114 Å². The van der Waals surface area contributed by atoms with Crippen molar-refractivity contribution in [2.45, 2.75) is 40.5 Å². The van der Waals surface area contributed by atoms with Crippen LogP contribution in [-0.2, 0) is 0 Å². The van der Waals surface area contributed by atoms with Gasteiger partial charge in [-0.05, 0) is 36.1 Å². The lowest BCUT2D eigenvalue weighted by molar-refractivity contribution is 0.554. The minimum Gasteiger partial charge on any atom is -0.0885 e. The molecule has 0 N–H and O–H groups in total. The zero-order chi connectivity index (χ0) is 12.8. The fourth-order valence-corrected chi connectivity index (χ4v) is 3.24. The third kappa shape index (κ3) is 2.02. The van der Waals surface area contributed by atoms with E-state index in [-0.39, 0.29) is 5.41 Å². The van der Waals surface area contributed by atoms with Crippen LogP contribution in [0, 0.1) is 5.41 Å². The standard InChI is InChI=1S/C15H18Cl2/c1-9-11(5-7-13(9)16)15(3,4)12-6-8-14(17)10(12)2/h5-6H,7-8H2,1-4H3. The molecule has 0 fully saturated rings. The van der Waals surface area contributed by atoms with Crippen LogP contribution in [0.2, 0.25) is 0 Å². The van der Waals surface area contributed by atoms with Gasteiger partial charge in [-0.2, -0.15) is 0 Å². The molecule has 0 aromatic carbocycles. The van der Waals surface area contributed by atoms with Crippen molar-refractivity contribution in [3.05, 3.63) is 44.5 Å². The van der Waals surface area contributed by atoms with E-state index < -0.39 is 0 Å². The largest absolute Gasteiger partial charge is 0.0885 e. The minimum absolute atomic E-state index is 0.00144. The Morgan fingerprint density at radius 2 is 1.24 bits per heavy atom. The Kier molecular flexibility index (Phi) is 3.31. The van der Waals surface area contributed by atoms with E-state index in [2.05, 4.69) is 39.8 Å². The van der Waals surface area contributed by atoms with Gasteiger partial charge in [0.1, 0.15) is 0 Å². The predicted octanol–water partition coefficient (Wildman–Crippen LogP) is 5.70. The van der Waals surface area contributed by atoms with Crippen molar-refractivity contribution in [1.82, 2.24) is 0 Å². The SMILES string of the molecule is CC1=C(Cl)CC=C1C(C)(C)C1=CCC(Cl)=C1C. The second-order valence-corrected chi connectivity index (χ2v) is 6.24. The van der Waals surface area contributed by atoms with Crippen LogP contribution in [0.1, 0.15) is 40.5 Å². The van der Waals surface area contributed by atoms with Crippen molar-refractivity contribution in [2.24, 2.45) is 5.41 Å². The van der Waals surface area contributed by atoms with Gasteiger partial charge in [-0.3, -0.25) is 0 Å². The van der Waals surface area contributed by atoms with Crippen molar-refractivity contribution in [3.8, 4) is 0 Å². The molecule has 0 aromatic rings. The number of rotatable bonds is 2. The van der Waals surface area contributed by atoms with Crippen LogP contribution in [0.3, 0.4) is 0 Å². The van der Waals surface area contributed by atoms with Crippen LogP contribution in [0.25, 0.3) is 0 Å². The monoisotopic (exact) mass is 268 g/mol. The van der Waals surface area contributed by atoms with E-state index >= 15 is 0 Å². The summed E-state index contributed by atoms with van der Waals surface area (Å²) in [7, 11) is 0. The molecule has 92 valence electrons. The molecule has 0 saturated heterocycles. The minimum atomic E-state index is 0.00144. The third-order valence-corrected chi connectivity index (χ3v) is 4.81. The second-order valence-electron chi connectivity index (χ2n) is 5.33. The molecule has 0 aliphatic heterocycles. The second kappa shape index (κ2) is 4.33. The molecule has 0 nitrogen and oxygen atoms in total. The van der Waals surface area contributed by atoms with Crippen LogP contribution < -0.4 is 0 Å². The topological polar surface area (TPSA) is 0 Å². The van der Waals surface area contributed by atoms with Gasteiger partial charge in [0.05, 0.1) is 0 Å². The number of hydrogen-bond acceptors (Lipinski definition) is 0. The van der Waals surface area contributed by atoms with Crippen molar-refractivity contribution in [2.75, 3.05) is 0 Å². The lowest BCUT2D eigenvalue weighted by Crippen LogP contribution is -2.18. The van der Waals surface area contributed by atoms with E-state index in [4.69, 9.17) is 23.2 Å². The number of allylic oxidation sites excluding steroid dienone is 8. The molecule has 2 aliphatic carbocycles. The Hall–Kier alpha value is -0.460. The number of halogens is 2. The van der Waals surface area contributed by atoms with Gasteiger partial charge in [-0.25, -0.2) is 0 Å². The fraction of sp³-hybridized carbons (Fsp3) is 0.467. The van der Waals surface area contributed by atoms with Gasteiger partial charge in [-0.1, -0.05) is 49.2 Å². The Morgan fingerprint density at radius 1 is 0.882 bits per heavy atom. The predicted molar refractivity (Wildman–Crippen MR) is 76.3 cm³/mol. The van der Waals surface area contributed by atoms with Crippen LogP contribution in [0.4, 0.5) is 0 Å². The molecule has 0 radical (unpaired) electrons. The molecule has 0 atom stereocenters. The van der Waals surface area contributed by atoms with Crippen LogP contribution in [0.5, 0.6) is 0 Å². The van der Waals surface area contributed by atoms with E-state index in [0.29, 0.717) is 0 Å². The smallest absolute Gasteiger partial charge is 0.0250 e. The normalized spacial score (nSPS) is 21.3. The molecule has 2 heteroatoms. The molecule has 0 bridgehead atoms. The van der Waals surface area contributed by atoms with Gasteiger partial charge < -0.3 is 0 Å². The molecular weight excluding hydrogens is 251 g/mol. The molecular formula is C15H18Cl2. The van der Waals surface area contributed by atoms with Gasteiger partial charge in [0.2, 0.25) is 0 Å². The molecule has 0 saturated carbocycles. The van der Waals surface area contributed by atoms with Gasteiger partial charge in [0, 0.05) is 28.3 Å². The molecule has 0 amide bonds. The maximum Gasteiger partial charge on any atom is 0.0250 e.